The van der Waals surface area contributed by atoms with E-state index in [4.69, 9.17) is 4.98 Å². The Morgan fingerprint density at radius 1 is 1.15 bits per heavy atom. The lowest BCUT2D eigenvalue weighted by Crippen LogP contribution is -2.24. The van der Waals surface area contributed by atoms with E-state index in [9.17, 15) is 0 Å². The average Bonchev–Trinajstić information content (AvgIpc) is 3.33. The van der Waals surface area contributed by atoms with Crippen LogP contribution in [0.5, 0.6) is 0 Å². The predicted octanol–water partition coefficient (Wildman–Crippen LogP) is 3.77. The number of benzene rings is 1. The van der Waals surface area contributed by atoms with Gasteiger partial charge < -0.3 is 4.90 Å². The van der Waals surface area contributed by atoms with Gasteiger partial charge in [-0.05, 0) is 30.9 Å². The van der Waals surface area contributed by atoms with Crippen LogP contribution >= 0.6 is 0 Å². The highest BCUT2D eigenvalue weighted by molar-refractivity contribution is 5.39. The Bertz CT molecular complexity index is 549. The minimum Gasteiger partial charge on any atom is -0.352 e. The summed E-state index contributed by atoms with van der Waals surface area (Å²) >= 11 is 0. The third-order valence-corrected chi connectivity index (χ3v) is 3.64. The third-order valence-electron chi connectivity index (χ3n) is 3.64. The topological polar surface area (TPSA) is 29.0 Å². The zero-order chi connectivity index (χ0) is 13.8. The van der Waals surface area contributed by atoms with Gasteiger partial charge in [-0.15, -0.1) is 0 Å². The number of rotatable bonds is 6. The molecule has 0 spiro atoms. The molecular weight excluding hydrogens is 246 g/mol. The molecule has 1 aromatic heterocycles. The molecule has 1 saturated carbocycles. The third kappa shape index (κ3) is 3.16. The summed E-state index contributed by atoms with van der Waals surface area (Å²) in [6.07, 6.45) is 5.52. The van der Waals surface area contributed by atoms with Crippen molar-refractivity contribution in [3.63, 3.8) is 0 Å². The van der Waals surface area contributed by atoms with Gasteiger partial charge in [0.05, 0.1) is 0 Å². The SMILES string of the molecule is CCCN(Cc1ccccc1)c1ccnc(C2CC2)n1. The molecule has 1 aromatic carbocycles. The van der Waals surface area contributed by atoms with Gasteiger partial charge in [-0.2, -0.15) is 0 Å². The van der Waals surface area contributed by atoms with Crippen molar-refractivity contribution in [2.24, 2.45) is 0 Å². The molecule has 1 aliphatic rings. The maximum atomic E-state index is 4.76. The van der Waals surface area contributed by atoms with E-state index < -0.39 is 0 Å². The average molecular weight is 267 g/mol. The highest BCUT2D eigenvalue weighted by Crippen LogP contribution is 2.38. The molecule has 1 fully saturated rings. The fourth-order valence-corrected chi connectivity index (χ4v) is 2.43. The Hall–Kier alpha value is -1.90. The summed E-state index contributed by atoms with van der Waals surface area (Å²) in [6.45, 7) is 4.15. The number of hydrogen-bond acceptors (Lipinski definition) is 3. The monoisotopic (exact) mass is 267 g/mol. The Kier molecular flexibility index (Phi) is 3.95. The van der Waals surface area contributed by atoms with Gasteiger partial charge in [0.1, 0.15) is 11.6 Å². The number of hydrogen-bond donors (Lipinski definition) is 0. The molecule has 1 heterocycles. The number of nitrogens with zero attached hydrogens (tertiary/aromatic N) is 3. The van der Waals surface area contributed by atoms with E-state index in [1.54, 1.807) is 0 Å². The highest BCUT2D eigenvalue weighted by Gasteiger charge is 2.26. The summed E-state index contributed by atoms with van der Waals surface area (Å²) in [7, 11) is 0. The van der Waals surface area contributed by atoms with Gasteiger partial charge in [0.2, 0.25) is 0 Å². The van der Waals surface area contributed by atoms with Gasteiger partial charge in [-0.1, -0.05) is 37.3 Å². The molecule has 0 radical (unpaired) electrons. The maximum absolute atomic E-state index is 4.76. The molecule has 0 aliphatic heterocycles. The van der Waals surface area contributed by atoms with Crippen LogP contribution in [-0.2, 0) is 6.54 Å². The lowest BCUT2D eigenvalue weighted by molar-refractivity contribution is 0.745. The summed E-state index contributed by atoms with van der Waals surface area (Å²) in [5.74, 6) is 2.69. The van der Waals surface area contributed by atoms with Crippen LogP contribution in [0.15, 0.2) is 42.6 Å². The van der Waals surface area contributed by atoms with Gasteiger partial charge in [0.25, 0.3) is 0 Å². The molecule has 0 amide bonds. The first-order chi connectivity index (χ1) is 9.86. The fraction of sp³-hybridized carbons (Fsp3) is 0.412. The molecule has 20 heavy (non-hydrogen) atoms. The van der Waals surface area contributed by atoms with Crippen molar-refractivity contribution < 1.29 is 0 Å². The quantitative estimate of drug-likeness (QED) is 0.797. The van der Waals surface area contributed by atoms with Crippen LogP contribution < -0.4 is 4.90 Å². The van der Waals surface area contributed by atoms with E-state index in [2.05, 4.69) is 47.1 Å². The van der Waals surface area contributed by atoms with Gasteiger partial charge in [0.15, 0.2) is 0 Å². The normalized spacial score (nSPS) is 14.2. The first-order valence-corrected chi connectivity index (χ1v) is 7.48. The lowest BCUT2D eigenvalue weighted by Gasteiger charge is -2.23. The van der Waals surface area contributed by atoms with E-state index in [-0.39, 0.29) is 0 Å². The summed E-state index contributed by atoms with van der Waals surface area (Å²) < 4.78 is 0. The van der Waals surface area contributed by atoms with E-state index in [1.165, 1.54) is 18.4 Å². The minimum atomic E-state index is 0.607. The van der Waals surface area contributed by atoms with Gasteiger partial charge in [-0.25, -0.2) is 9.97 Å². The molecule has 104 valence electrons. The molecular formula is C17H21N3. The summed E-state index contributed by atoms with van der Waals surface area (Å²) in [5.41, 5.74) is 1.33. The zero-order valence-electron chi connectivity index (χ0n) is 12.0. The standard InChI is InChI=1S/C17H21N3/c1-2-12-20(13-14-6-4-3-5-7-14)16-10-11-18-17(19-16)15-8-9-15/h3-7,10-11,15H,2,8-9,12-13H2,1H3. The molecule has 0 N–H and O–H groups in total. The second-order valence-corrected chi connectivity index (χ2v) is 5.45. The zero-order valence-corrected chi connectivity index (χ0v) is 12.0. The second kappa shape index (κ2) is 6.04. The van der Waals surface area contributed by atoms with Crippen LogP contribution in [0.3, 0.4) is 0 Å². The smallest absolute Gasteiger partial charge is 0.133 e. The Morgan fingerprint density at radius 3 is 2.65 bits per heavy atom. The molecule has 1 aliphatic carbocycles. The molecule has 0 atom stereocenters. The summed E-state index contributed by atoms with van der Waals surface area (Å²) in [5, 5.41) is 0. The van der Waals surface area contributed by atoms with Crippen molar-refractivity contribution in [2.45, 2.75) is 38.6 Å². The predicted molar refractivity (Wildman–Crippen MR) is 81.8 cm³/mol. The van der Waals surface area contributed by atoms with Crippen LogP contribution in [0.1, 0.15) is 43.5 Å². The van der Waals surface area contributed by atoms with Crippen molar-refractivity contribution in [2.75, 3.05) is 11.4 Å². The lowest BCUT2D eigenvalue weighted by atomic mass is 10.2. The van der Waals surface area contributed by atoms with E-state index >= 15 is 0 Å². The molecule has 0 saturated heterocycles. The van der Waals surface area contributed by atoms with Crippen LogP contribution in [0.2, 0.25) is 0 Å². The number of anilines is 1. The van der Waals surface area contributed by atoms with Crippen molar-refractivity contribution in [1.82, 2.24) is 9.97 Å². The Balaban J connectivity index is 1.80. The van der Waals surface area contributed by atoms with Gasteiger partial charge >= 0.3 is 0 Å². The van der Waals surface area contributed by atoms with Crippen LogP contribution in [0.4, 0.5) is 5.82 Å². The van der Waals surface area contributed by atoms with E-state index in [0.29, 0.717) is 5.92 Å². The number of aromatic nitrogens is 2. The molecule has 3 heteroatoms. The molecule has 3 nitrogen and oxygen atoms in total. The van der Waals surface area contributed by atoms with E-state index in [0.717, 1.165) is 31.2 Å². The second-order valence-electron chi connectivity index (χ2n) is 5.45. The maximum Gasteiger partial charge on any atom is 0.133 e. The van der Waals surface area contributed by atoms with Crippen LogP contribution in [0, 0.1) is 0 Å². The van der Waals surface area contributed by atoms with Gasteiger partial charge in [0, 0.05) is 25.2 Å². The van der Waals surface area contributed by atoms with E-state index in [1.807, 2.05) is 12.3 Å². The Labute approximate surface area is 120 Å². The van der Waals surface area contributed by atoms with Gasteiger partial charge in [-0.3, -0.25) is 0 Å². The first kappa shape index (κ1) is 13.1. The van der Waals surface area contributed by atoms with Crippen molar-refractivity contribution in [3.05, 3.63) is 54.0 Å². The molecule has 0 bridgehead atoms. The van der Waals surface area contributed by atoms with Crippen LogP contribution in [0.25, 0.3) is 0 Å². The largest absolute Gasteiger partial charge is 0.352 e. The minimum absolute atomic E-state index is 0.607. The first-order valence-electron chi connectivity index (χ1n) is 7.48. The van der Waals surface area contributed by atoms with Crippen LogP contribution in [-0.4, -0.2) is 16.5 Å². The Morgan fingerprint density at radius 2 is 1.95 bits per heavy atom. The summed E-state index contributed by atoms with van der Waals surface area (Å²) in [4.78, 5) is 11.5. The molecule has 0 unspecified atom stereocenters. The highest BCUT2D eigenvalue weighted by atomic mass is 15.2. The van der Waals surface area contributed by atoms with Crippen molar-refractivity contribution >= 4 is 5.82 Å². The van der Waals surface area contributed by atoms with Crippen molar-refractivity contribution in [3.8, 4) is 0 Å². The summed E-state index contributed by atoms with van der Waals surface area (Å²) in [6, 6.07) is 12.6. The molecule has 2 aromatic rings. The molecule has 3 rings (SSSR count). The van der Waals surface area contributed by atoms with Crippen molar-refractivity contribution in [1.29, 1.82) is 0 Å². The fourth-order valence-electron chi connectivity index (χ4n) is 2.43.